The first-order valence-corrected chi connectivity index (χ1v) is 14.4. The molecule has 0 fully saturated rings. The first-order valence-electron chi connectivity index (χ1n) is 9.83. The second kappa shape index (κ2) is 12.5. The predicted octanol–water partition coefficient (Wildman–Crippen LogP) is 2.52. The van der Waals surface area contributed by atoms with E-state index in [0.29, 0.717) is 16.1 Å². The summed E-state index contributed by atoms with van der Waals surface area (Å²) in [7, 11) is -6.61. The summed E-state index contributed by atoms with van der Waals surface area (Å²) in [4.78, 5) is 12.1. The highest BCUT2D eigenvalue weighted by Crippen LogP contribution is 2.26. The number of nitrogens with one attached hydrogen (secondary N) is 1. The number of nitrogens with zero attached hydrogens (tertiary/aromatic N) is 1. The van der Waals surface area contributed by atoms with E-state index in [-0.39, 0.29) is 34.2 Å². The number of hydrogen-bond donors (Lipinski definition) is 2. The number of halogens is 1. The van der Waals surface area contributed by atoms with Crippen molar-refractivity contribution in [1.82, 2.24) is 4.57 Å². The maximum atomic E-state index is 11.4. The molecule has 0 spiro atoms. The van der Waals surface area contributed by atoms with Crippen LogP contribution in [0.5, 0.6) is 5.75 Å². The Bertz CT molecular complexity index is 1530. The molecule has 1 aromatic heterocycles. The summed E-state index contributed by atoms with van der Waals surface area (Å²) in [5, 5.41) is 12.2. The number of aromatic hydroxyl groups is 1. The Labute approximate surface area is 213 Å². The standard InChI is InChI=1S/C11H9NO4S.C10H11NO3S.CH3I/c1-3-6-12-9-5-4-8(17(2,14)15)7-10(9)16-11(12)13;1-3-6-11-9-5-4-8(7-10(9)12)15(2,13)14;1-2/h1,4-5,7H,6H2,2H3;1,4-5,7,11-12H,6H2,2H3;1H3/i;;1D. The van der Waals surface area contributed by atoms with Crippen LogP contribution < -0.4 is 11.1 Å². The highest BCUT2D eigenvalue weighted by molar-refractivity contribution is 14.1. The molecule has 34 heavy (non-hydrogen) atoms. The molecule has 0 radical (unpaired) electrons. The minimum Gasteiger partial charge on any atom is -0.506 e. The lowest BCUT2D eigenvalue weighted by molar-refractivity contribution is 0.475. The van der Waals surface area contributed by atoms with E-state index in [1.807, 2.05) is 22.6 Å². The molecule has 12 heteroatoms. The zero-order chi connectivity index (χ0) is 26.8. The number of terminal acetylenes is 2. The molecular weight excluding hydrogens is 595 g/mol. The minimum atomic E-state index is -3.32. The number of benzene rings is 2. The maximum absolute atomic E-state index is 11.4. The minimum absolute atomic E-state index is 0.0752. The fraction of sp³-hybridized carbons (Fsp3) is 0.227. The summed E-state index contributed by atoms with van der Waals surface area (Å²) in [6.45, 7) is 0.357. The number of rotatable bonds is 5. The fourth-order valence-corrected chi connectivity index (χ4v) is 3.83. The molecule has 0 saturated heterocycles. The number of oxazole rings is 1. The van der Waals surface area contributed by atoms with Crippen molar-refractivity contribution < 1.29 is 27.7 Å². The van der Waals surface area contributed by atoms with Crippen LogP contribution in [-0.4, -0.2) is 50.5 Å². The maximum Gasteiger partial charge on any atom is 0.420 e. The zero-order valence-corrected chi connectivity index (χ0v) is 22.1. The van der Waals surface area contributed by atoms with Gasteiger partial charge in [0.15, 0.2) is 25.3 Å². The third-order valence-electron chi connectivity index (χ3n) is 4.10. The second-order valence-electron chi connectivity index (χ2n) is 6.57. The smallest absolute Gasteiger partial charge is 0.420 e. The lowest BCUT2D eigenvalue weighted by Crippen LogP contribution is -2.12. The Morgan fingerprint density at radius 2 is 1.65 bits per heavy atom. The van der Waals surface area contributed by atoms with Crippen LogP contribution in [0.1, 0.15) is 1.37 Å². The van der Waals surface area contributed by atoms with Crippen molar-refractivity contribution in [2.75, 3.05) is 29.3 Å². The number of phenols is 1. The van der Waals surface area contributed by atoms with Gasteiger partial charge in [0.1, 0.15) is 5.75 Å². The fourth-order valence-electron chi connectivity index (χ4n) is 2.56. The van der Waals surface area contributed by atoms with Gasteiger partial charge in [-0.3, -0.25) is 4.57 Å². The van der Waals surface area contributed by atoms with E-state index in [1.165, 1.54) is 41.0 Å². The van der Waals surface area contributed by atoms with Crippen LogP contribution in [0.25, 0.3) is 11.1 Å². The molecule has 2 N–H and O–H groups in total. The van der Waals surface area contributed by atoms with Crippen LogP contribution in [0.4, 0.5) is 5.69 Å². The van der Waals surface area contributed by atoms with Crippen molar-refractivity contribution in [3.63, 3.8) is 0 Å². The van der Waals surface area contributed by atoms with Gasteiger partial charge in [-0.15, -0.1) is 12.8 Å². The van der Waals surface area contributed by atoms with Gasteiger partial charge in [-0.25, -0.2) is 21.6 Å². The number of anilines is 1. The molecule has 0 atom stereocenters. The Hall–Kier alpha value is -2.94. The third kappa shape index (κ3) is 7.83. The van der Waals surface area contributed by atoms with Gasteiger partial charge >= 0.3 is 5.76 Å². The highest BCUT2D eigenvalue weighted by atomic mass is 127. The van der Waals surface area contributed by atoms with E-state index in [4.69, 9.17) is 18.6 Å². The van der Waals surface area contributed by atoms with Crippen molar-refractivity contribution in [2.24, 2.45) is 0 Å². The summed E-state index contributed by atoms with van der Waals surface area (Å²) < 4.78 is 57.4. The van der Waals surface area contributed by atoms with Crippen LogP contribution in [0.3, 0.4) is 0 Å². The van der Waals surface area contributed by atoms with E-state index in [1.54, 1.807) is 0 Å². The Morgan fingerprint density at radius 1 is 1.09 bits per heavy atom. The summed E-state index contributed by atoms with van der Waals surface area (Å²) in [6.07, 6.45) is 12.3. The largest absolute Gasteiger partial charge is 0.506 e. The average molecular weight is 619 g/mol. The molecule has 3 aromatic rings. The molecule has 0 aliphatic rings. The molecule has 2 aromatic carbocycles. The SMILES string of the molecule is C#CCNc1ccc(S(C)(=O)=O)cc1O.C#CCn1c(=O)oc2cc(S(C)(=O)=O)ccc21.[2H]CI. The lowest BCUT2D eigenvalue weighted by Gasteiger charge is -2.06. The molecule has 182 valence electrons. The van der Waals surface area contributed by atoms with Gasteiger partial charge in [0, 0.05) is 26.0 Å². The van der Waals surface area contributed by atoms with Gasteiger partial charge < -0.3 is 14.8 Å². The van der Waals surface area contributed by atoms with Gasteiger partial charge in [0.2, 0.25) is 0 Å². The molecule has 9 nitrogen and oxygen atoms in total. The van der Waals surface area contributed by atoms with Gasteiger partial charge in [-0.2, -0.15) is 0 Å². The molecule has 0 aliphatic heterocycles. The van der Waals surface area contributed by atoms with Crippen molar-refractivity contribution in [3.8, 4) is 30.4 Å². The number of alkyl halides is 1. The molecule has 1 heterocycles. The summed E-state index contributed by atoms with van der Waals surface area (Å²) in [6, 6.07) is 8.32. The average Bonchev–Trinajstić information content (AvgIpc) is 3.07. The van der Waals surface area contributed by atoms with Gasteiger partial charge in [0.25, 0.3) is 0 Å². The van der Waals surface area contributed by atoms with Crippen molar-refractivity contribution >= 4 is 59.1 Å². The predicted molar refractivity (Wildman–Crippen MR) is 141 cm³/mol. The Balaban J connectivity index is 0.000000317. The van der Waals surface area contributed by atoms with Gasteiger partial charge in [-0.05, 0) is 29.2 Å². The number of hydrogen-bond acceptors (Lipinski definition) is 8. The van der Waals surface area contributed by atoms with E-state index in [0.717, 1.165) is 12.5 Å². The molecule has 0 saturated carbocycles. The van der Waals surface area contributed by atoms with Crippen LogP contribution in [0.15, 0.2) is 55.4 Å². The van der Waals surface area contributed by atoms with Crippen molar-refractivity contribution in [1.29, 1.82) is 0 Å². The molecule has 0 unspecified atom stereocenters. The molecule has 0 amide bonds. The Kier molecular flexibility index (Phi) is 10.0. The normalized spacial score (nSPS) is 11.0. The number of sulfone groups is 2. The van der Waals surface area contributed by atoms with Crippen LogP contribution >= 0.6 is 22.6 Å². The summed E-state index contributed by atoms with van der Waals surface area (Å²) >= 11 is 1.96. The Morgan fingerprint density at radius 3 is 2.15 bits per heavy atom. The first-order chi connectivity index (χ1) is 16.3. The van der Waals surface area contributed by atoms with Crippen molar-refractivity contribution in [3.05, 3.63) is 46.9 Å². The van der Waals surface area contributed by atoms with Gasteiger partial charge in [0.05, 0.1) is 34.1 Å². The van der Waals surface area contributed by atoms with Crippen LogP contribution in [0.2, 0.25) is 0 Å². The number of fused-ring (bicyclic) bond motifs is 1. The lowest BCUT2D eigenvalue weighted by atomic mass is 10.3. The van der Waals surface area contributed by atoms with Crippen molar-refractivity contribution in [2.45, 2.75) is 16.3 Å². The monoisotopic (exact) mass is 619 g/mol. The van der Waals surface area contributed by atoms with Gasteiger partial charge in [-0.1, -0.05) is 34.4 Å². The quantitative estimate of drug-likeness (QED) is 0.193. The summed E-state index contributed by atoms with van der Waals surface area (Å²) in [5.74, 6) is 3.96. The first kappa shape index (κ1) is 27.3. The van der Waals surface area contributed by atoms with E-state index in [9.17, 15) is 26.7 Å². The van der Waals surface area contributed by atoms with E-state index < -0.39 is 25.4 Å². The molecule has 0 bridgehead atoms. The van der Waals surface area contributed by atoms with E-state index in [2.05, 4.69) is 17.2 Å². The third-order valence-corrected chi connectivity index (χ3v) is 6.32. The molecule has 0 aliphatic carbocycles. The number of aromatic nitrogens is 1. The topological polar surface area (TPSA) is 136 Å². The van der Waals surface area contributed by atoms with Crippen LogP contribution in [0, 0.1) is 24.7 Å². The molecular formula is C22H23IN2O7S2. The molecule has 3 rings (SSSR count). The highest BCUT2D eigenvalue weighted by Gasteiger charge is 2.13. The zero-order valence-electron chi connectivity index (χ0n) is 19.3. The summed E-state index contributed by atoms with van der Waals surface area (Å²) in [5.41, 5.74) is 1.12. The van der Waals surface area contributed by atoms with E-state index >= 15 is 0 Å². The number of phenolic OH excluding ortho intramolecular Hbond substituents is 1. The second-order valence-corrected chi connectivity index (χ2v) is 10.6. The van der Waals surface area contributed by atoms with Crippen LogP contribution in [-0.2, 0) is 26.2 Å².